The summed E-state index contributed by atoms with van der Waals surface area (Å²) in [5.41, 5.74) is 2.33. The fraction of sp³-hybridized carbons (Fsp3) is 0.625. The van der Waals surface area contributed by atoms with Gasteiger partial charge in [0.1, 0.15) is 5.82 Å². The lowest BCUT2D eigenvalue weighted by Gasteiger charge is -2.38. The molecule has 3 heteroatoms. The first-order valence-corrected chi connectivity index (χ1v) is 7.32. The summed E-state index contributed by atoms with van der Waals surface area (Å²) in [7, 11) is 0. The molecule has 0 aliphatic carbocycles. The van der Waals surface area contributed by atoms with Crippen molar-refractivity contribution in [3.63, 3.8) is 0 Å². The second kappa shape index (κ2) is 6.49. The van der Waals surface area contributed by atoms with Crippen LogP contribution in [0.25, 0.3) is 0 Å². The quantitative estimate of drug-likeness (QED) is 0.899. The summed E-state index contributed by atoms with van der Waals surface area (Å²) in [5.74, 6) is -0.136. The summed E-state index contributed by atoms with van der Waals surface area (Å²) in [6, 6.07) is 6.33. The van der Waals surface area contributed by atoms with Crippen molar-refractivity contribution in [1.29, 1.82) is 0 Å². The first-order valence-electron chi connectivity index (χ1n) is 7.32. The molecule has 19 heavy (non-hydrogen) atoms. The van der Waals surface area contributed by atoms with Crippen LogP contribution in [0.5, 0.6) is 0 Å². The van der Waals surface area contributed by atoms with Crippen molar-refractivity contribution in [3.8, 4) is 0 Å². The fourth-order valence-corrected chi connectivity index (χ4v) is 2.78. The molecule has 0 bridgehead atoms. The molecule has 0 amide bonds. The molecule has 1 aromatic carbocycles. The Morgan fingerprint density at radius 2 is 2.21 bits per heavy atom. The summed E-state index contributed by atoms with van der Waals surface area (Å²) in [6.07, 6.45) is 2.19. The zero-order valence-corrected chi connectivity index (χ0v) is 12.2. The van der Waals surface area contributed by atoms with E-state index < -0.39 is 0 Å². The highest BCUT2D eigenvalue weighted by atomic mass is 19.1. The predicted molar refractivity (Wildman–Crippen MR) is 78.0 cm³/mol. The minimum absolute atomic E-state index is 0.136. The number of hydrogen-bond acceptors (Lipinski definition) is 2. The van der Waals surface area contributed by atoms with E-state index in [1.807, 2.05) is 13.0 Å². The molecule has 1 heterocycles. The van der Waals surface area contributed by atoms with Gasteiger partial charge in [-0.2, -0.15) is 0 Å². The minimum atomic E-state index is -0.136. The molecule has 2 unspecified atom stereocenters. The fourth-order valence-electron chi connectivity index (χ4n) is 2.78. The van der Waals surface area contributed by atoms with Gasteiger partial charge in [0.15, 0.2) is 0 Å². The van der Waals surface area contributed by atoms with Gasteiger partial charge in [0.05, 0.1) is 0 Å². The van der Waals surface area contributed by atoms with Crippen molar-refractivity contribution in [2.45, 2.75) is 45.7 Å². The van der Waals surface area contributed by atoms with Crippen LogP contribution in [0.2, 0.25) is 0 Å². The normalized spacial score (nSPS) is 24.6. The minimum Gasteiger partial charge on any atom is -0.311 e. The van der Waals surface area contributed by atoms with E-state index in [1.54, 1.807) is 12.1 Å². The number of benzene rings is 1. The zero-order valence-electron chi connectivity index (χ0n) is 12.2. The van der Waals surface area contributed by atoms with Gasteiger partial charge in [-0.15, -0.1) is 0 Å². The average Bonchev–Trinajstić information content (AvgIpc) is 2.39. The highest BCUT2D eigenvalue weighted by molar-refractivity contribution is 5.26. The number of piperazine rings is 1. The molecule has 1 fully saturated rings. The average molecular weight is 264 g/mol. The van der Waals surface area contributed by atoms with E-state index >= 15 is 0 Å². The Labute approximate surface area is 116 Å². The summed E-state index contributed by atoms with van der Waals surface area (Å²) in [6.45, 7) is 9.76. The Kier molecular flexibility index (Phi) is 4.94. The molecule has 106 valence electrons. The van der Waals surface area contributed by atoms with Crippen molar-refractivity contribution in [2.75, 3.05) is 19.6 Å². The number of rotatable bonds is 4. The monoisotopic (exact) mass is 264 g/mol. The third-order valence-corrected chi connectivity index (χ3v) is 4.25. The summed E-state index contributed by atoms with van der Waals surface area (Å²) < 4.78 is 13.1. The van der Waals surface area contributed by atoms with Crippen LogP contribution in [-0.2, 0) is 6.42 Å². The highest BCUT2D eigenvalue weighted by Gasteiger charge is 2.23. The van der Waals surface area contributed by atoms with Gasteiger partial charge in [-0.1, -0.05) is 13.0 Å². The van der Waals surface area contributed by atoms with E-state index in [2.05, 4.69) is 24.1 Å². The maximum absolute atomic E-state index is 13.1. The van der Waals surface area contributed by atoms with Crippen LogP contribution in [0.1, 0.15) is 31.4 Å². The lowest BCUT2D eigenvalue weighted by atomic mass is 10.0. The van der Waals surface area contributed by atoms with Gasteiger partial charge in [-0.05, 0) is 49.9 Å². The van der Waals surface area contributed by atoms with Gasteiger partial charge in [-0.3, -0.25) is 4.90 Å². The Morgan fingerprint density at radius 1 is 1.42 bits per heavy atom. The third kappa shape index (κ3) is 3.77. The Hall–Kier alpha value is -0.930. The Balaban J connectivity index is 1.93. The number of halogens is 1. The van der Waals surface area contributed by atoms with Gasteiger partial charge < -0.3 is 5.32 Å². The highest BCUT2D eigenvalue weighted by Crippen LogP contribution is 2.14. The molecule has 2 nitrogen and oxygen atoms in total. The van der Waals surface area contributed by atoms with Crippen LogP contribution in [0.15, 0.2) is 18.2 Å². The first kappa shape index (κ1) is 14.5. The van der Waals surface area contributed by atoms with E-state index in [4.69, 9.17) is 0 Å². The van der Waals surface area contributed by atoms with Crippen LogP contribution >= 0.6 is 0 Å². The molecule has 1 aliphatic rings. The van der Waals surface area contributed by atoms with Crippen LogP contribution in [0.4, 0.5) is 4.39 Å². The van der Waals surface area contributed by atoms with Crippen LogP contribution in [0, 0.1) is 12.7 Å². The van der Waals surface area contributed by atoms with Gasteiger partial charge in [-0.25, -0.2) is 4.39 Å². The van der Waals surface area contributed by atoms with Gasteiger partial charge >= 0.3 is 0 Å². The maximum Gasteiger partial charge on any atom is 0.123 e. The van der Waals surface area contributed by atoms with Crippen LogP contribution in [0.3, 0.4) is 0 Å². The number of nitrogens with zero attached hydrogens (tertiary/aromatic N) is 1. The molecular formula is C16H25FN2. The van der Waals surface area contributed by atoms with Crippen molar-refractivity contribution in [2.24, 2.45) is 0 Å². The maximum atomic E-state index is 13.1. The molecule has 0 aromatic heterocycles. The largest absolute Gasteiger partial charge is 0.311 e. The molecule has 2 atom stereocenters. The van der Waals surface area contributed by atoms with E-state index in [9.17, 15) is 4.39 Å². The molecule has 0 spiro atoms. The van der Waals surface area contributed by atoms with E-state index in [-0.39, 0.29) is 5.82 Å². The summed E-state index contributed by atoms with van der Waals surface area (Å²) in [5, 5.41) is 3.57. The summed E-state index contributed by atoms with van der Waals surface area (Å²) in [4.78, 5) is 2.55. The molecule has 1 saturated heterocycles. The number of hydrogen-bond donors (Lipinski definition) is 1. The van der Waals surface area contributed by atoms with Gasteiger partial charge in [0.2, 0.25) is 0 Å². The first-order chi connectivity index (χ1) is 9.10. The standard InChI is InChI=1S/C16H25FN2/c1-4-16-11-19(13(3)10-18-16)8-7-14-5-6-15(17)9-12(14)2/h5-6,9,13,16,18H,4,7-8,10-11H2,1-3H3. The second-order valence-corrected chi connectivity index (χ2v) is 5.68. The topological polar surface area (TPSA) is 15.3 Å². The Bertz CT molecular complexity index is 419. The van der Waals surface area contributed by atoms with Crippen LogP contribution < -0.4 is 5.32 Å². The Morgan fingerprint density at radius 3 is 2.89 bits per heavy atom. The van der Waals surface area contributed by atoms with Crippen molar-refractivity contribution < 1.29 is 4.39 Å². The molecular weight excluding hydrogens is 239 g/mol. The van der Waals surface area contributed by atoms with Gasteiger partial charge in [0, 0.05) is 31.7 Å². The smallest absolute Gasteiger partial charge is 0.123 e. The summed E-state index contributed by atoms with van der Waals surface area (Å²) >= 11 is 0. The SMILES string of the molecule is CCC1CN(CCc2ccc(F)cc2C)C(C)CN1. The molecule has 1 aliphatic heterocycles. The second-order valence-electron chi connectivity index (χ2n) is 5.68. The molecule has 0 radical (unpaired) electrons. The number of nitrogens with one attached hydrogen (secondary N) is 1. The van der Waals surface area contributed by atoms with Crippen molar-refractivity contribution in [3.05, 3.63) is 35.1 Å². The van der Waals surface area contributed by atoms with E-state index in [0.717, 1.165) is 31.6 Å². The molecule has 1 N–H and O–H groups in total. The molecule has 0 saturated carbocycles. The zero-order chi connectivity index (χ0) is 13.8. The molecule has 2 rings (SSSR count). The van der Waals surface area contributed by atoms with Crippen molar-refractivity contribution >= 4 is 0 Å². The lowest BCUT2D eigenvalue weighted by Crippen LogP contribution is -2.55. The van der Waals surface area contributed by atoms with Crippen molar-refractivity contribution in [1.82, 2.24) is 10.2 Å². The lowest BCUT2D eigenvalue weighted by molar-refractivity contribution is 0.141. The number of aryl methyl sites for hydroxylation is 1. The van der Waals surface area contributed by atoms with Crippen LogP contribution in [-0.4, -0.2) is 36.6 Å². The van der Waals surface area contributed by atoms with Gasteiger partial charge in [0.25, 0.3) is 0 Å². The van der Waals surface area contributed by atoms with E-state index in [1.165, 1.54) is 12.0 Å². The predicted octanol–water partition coefficient (Wildman–Crippen LogP) is 2.75. The molecule has 1 aromatic rings. The third-order valence-electron chi connectivity index (χ3n) is 4.25. The van der Waals surface area contributed by atoms with E-state index in [0.29, 0.717) is 12.1 Å².